The zero-order valence-corrected chi connectivity index (χ0v) is 12.1. The normalized spacial score (nSPS) is 22.7. The fourth-order valence-corrected chi connectivity index (χ4v) is 3.89. The SMILES string of the molecule is c1nnn(CC2CCCC2)c1CC1CCCCCC1. The highest BCUT2D eigenvalue weighted by Gasteiger charge is 2.19. The molecule has 0 unspecified atom stereocenters. The summed E-state index contributed by atoms with van der Waals surface area (Å²) in [6.45, 7) is 1.11. The van der Waals surface area contributed by atoms with Gasteiger partial charge in [0.25, 0.3) is 0 Å². The average Bonchev–Trinajstić information content (AvgIpc) is 3.00. The van der Waals surface area contributed by atoms with Crippen molar-refractivity contribution in [2.24, 2.45) is 11.8 Å². The van der Waals surface area contributed by atoms with Crippen molar-refractivity contribution in [1.29, 1.82) is 0 Å². The predicted octanol–water partition coefficient (Wildman–Crippen LogP) is 3.98. The smallest absolute Gasteiger partial charge is 0.0725 e. The van der Waals surface area contributed by atoms with Gasteiger partial charge in [0.1, 0.15) is 0 Å². The first-order valence-corrected chi connectivity index (χ1v) is 8.29. The Bertz CT molecular complexity index is 371. The number of aromatic nitrogens is 3. The van der Waals surface area contributed by atoms with Crippen LogP contribution in [0.3, 0.4) is 0 Å². The van der Waals surface area contributed by atoms with Crippen LogP contribution in [0, 0.1) is 11.8 Å². The van der Waals surface area contributed by atoms with E-state index in [0.29, 0.717) is 0 Å². The molecule has 0 radical (unpaired) electrons. The topological polar surface area (TPSA) is 30.7 Å². The molecule has 0 N–H and O–H groups in total. The summed E-state index contributed by atoms with van der Waals surface area (Å²) in [4.78, 5) is 0. The van der Waals surface area contributed by atoms with Crippen molar-refractivity contribution in [3.8, 4) is 0 Å². The molecule has 19 heavy (non-hydrogen) atoms. The minimum Gasteiger partial charge on any atom is -0.249 e. The Morgan fingerprint density at radius 1 is 0.895 bits per heavy atom. The molecule has 1 heterocycles. The third-order valence-electron chi connectivity index (χ3n) is 5.08. The van der Waals surface area contributed by atoms with Crippen LogP contribution in [0.5, 0.6) is 0 Å². The quantitative estimate of drug-likeness (QED) is 0.767. The van der Waals surface area contributed by atoms with Crippen LogP contribution >= 0.6 is 0 Å². The molecule has 0 spiro atoms. The van der Waals surface area contributed by atoms with E-state index in [1.165, 1.54) is 76.3 Å². The molecule has 2 fully saturated rings. The fraction of sp³-hybridized carbons (Fsp3) is 0.875. The monoisotopic (exact) mass is 261 g/mol. The molecule has 0 bridgehead atoms. The van der Waals surface area contributed by atoms with Crippen LogP contribution in [0.25, 0.3) is 0 Å². The van der Waals surface area contributed by atoms with Crippen LogP contribution < -0.4 is 0 Å². The summed E-state index contributed by atoms with van der Waals surface area (Å²) >= 11 is 0. The van der Waals surface area contributed by atoms with Gasteiger partial charge in [0.15, 0.2) is 0 Å². The Morgan fingerprint density at radius 3 is 2.26 bits per heavy atom. The van der Waals surface area contributed by atoms with E-state index in [1.807, 2.05) is 6.20 Å². The van der Waals surface area contributed by atoms with Crippen molar-refractivity contribution >= 4 is 0 Å². The van der Waals surface area contributed by atoms with Crippen LogP contribution in [0.1, 0.15) is 69.9 Å². The van der Waals surface area contributed by atoms with Crippen molar-refractivity contribution in [3.05, 3.63) is 11.9 Å². The molecule has 0 saturated heterocycles. The summed E-state index contributed by atoms with van der Waals surface area (Å²) in [5.41, 5.74) is 1.39. The van der Waals surface area contributed by atoms with E-state index in [4.69, 9.17) is 0 Å². The summed E-state index contributed by atoms with van der Waals surface area (Å²) < 4.78 is 2.21. The summed E-state index contributed by atoms with van der Waals surface area (Å²) in [6, 6.07) is 0. The van der Waals surface area contributed by atoms with E-state index in [2.05, 4.69) is 15.0 Å². The average molecular weight is 261 g/mol. The molecule has 3 heteroatoms. The molecule has 2 saturated carbocycles. The van der Waals surface area contributed by atoms with E-state index in [1.54, 1.807) is 0 Å². The van der Waals surface area contributed by atoms with Gasteiger partial charge < -0.3 is 0 Å². The first-order chi connectivity index (χ1) is 9.42. The van der Waals surface area contributed by atoms with Crippen LogP contribution in [0.2, 0.25) is 0 Å². The maximum Gasteiger partial charge on any atom is 0.0725 e. The summed E-state index contributed by atoms with van der Waals surface area (Å²) in [6.07, 6.45) is 17.4. The van der Waals surface area contributed by atoms with Crippen molar-refractivity contribution in [2.75, 3.05) is 0 Å². The lowest BCUT2D eigenvalue weighted by Gasteiger charge is -2.16. The number of hydrogen-bond acceptors (Lipinski definition) is 2. The Balaban J connectivity index is 1.59. The molecule has 0 atom stereocenters. The van der Waals surface area contributed by atoms with E-state index in [9.17, 15) is 0 Å². The zero-order chi connectivity index (χ0) is 12.9. The minimum absolute atomic E-state index is 0.856. The van der Waals surface area contributed by atoms with Crippen LogP contribution in [-0.2, 0) is 13.0 Å². The van der Waals surface area contributed by atoms with Gasteiger partial charge >= 0.3 is 0 Å². The Kier molecular flexibility index (Phi) is 4.52. The van der Waals surface area contributed by atoms with Crippen LogP contribution in [0.4, 0.5) is 0 Å². The van der Waals surface area contributed by atoms with Gasteiger partial charge in [0.2, 0.25) is 0 Å². The third-order valence-corrected chi connectivity index (χ3v) is 5.08. The van der Waals surface area contributed by atoms with Gasteiger partial charge in [-0.2, -0.15) is 0 Å². The Labute approximate surface area is 116 Å². The maximum atomic E-state index is 4.34. The first kappa shape index (κ1) is 13.1. The van der Waals surface area contributed by atoms with Gasteiger partial charge in [0.05, 0.1) is 11.9 Å². The summed E-state index contributed by atoms with van der Waals surface area (Å²) in [7, 11) is 0. The fourth-order valence-electron chi connectivity index (χ4n) is 3.89. The van der Waals surface area contributed by atoms with Gasteiger partial charge in [-0.05, 0) is 31.1 Å². The van der Waals surface area contributed by atoms with Crippen molar-refractivity contribution in [1.82, 2.24) is 15.0 Å². The lowest BCUT2D eigenvalue weighted by molar-refractivity contribution is 0.390. The maximum absolute atomic E-state index is 4.34. The highest BCUT2D eigenvalue weighted by Crippen LogP contribution is 2.28. The number of nitrogens with zero attached hydrogens (tertiary/aromatic N) is 3. The number of hydrogen-bond donors (Lipinski definition) is 0. The van der Waals surface area contributed by atoms with Gasteiger partial charge in [-0.1, -0.05) is 56.6 Å². The van der Waals surface area contributed by atoms with Gasteiger partial charge in [-0.15, -0.1) is 5.10 Å². The van der Waals surface area contributed by atoms with E-state index in [-0.39, 0.29) is 0 Å². The van der Waals surface area contributed by atoms with E-state index >= 15 is 0 Å². The standard InChI is InChI=1S/C16H27N3/c1-2-4-8-14(7-3-1)11-16-12-17-18-19(16)13-15-9-5-6-10-15/h12,14-15H,1-11,13H2. The second-order valence-electron chi connectivity index (χ2n) is 6.62. The van der Waals surface area contributed by atoms with Gasteiger partial charge in [-0.3, -0.25) is 0 Å². The van der Waals surface area contributed by atoms with Gasteiger partial charge in [-0.25, -0.2) is 4.68 Å². The van der Waals surface area contributed by atoms with E-state index < -0.39 is 0 Å². The second-order valence-corrected chi connectivity index (χ2v) is 6.62. The lowest BCUT2D eigenvalue weighted by atomic mass is 9.95. The molecular formula is C16H27N3. The molecule has 2 aliphatic rings. The molecular weight excluding hydrogens is 234 g/mol. The minimum atomic E-state index is 0.856. The largest absolute Gasteiger partial charge is 0.249 e. The molecule has 106 valence electrons. The first-order valence-electron chi connectivity index (χ1n) is 8.29. The highest BCUT2D eigenvalue weighted by atomic mass is 15.4. The highest BCUT2D eigenvalue weighted by molar-refractivity contribution is 4.96. The molecule has 0 aromatic carbocycles. The van der Waals surface area contributed by atoms with Crippen molar-refractivity contribution in [3.63, 3.8) is 0 Å². The van der Waals surface area contributed by atoms with Crippen molar-refractivity contribution < 1.29 is 0 Å². The van der Waals surface area contributed by atoms with Crippen LogP contribution in [-0.4, -0.2) is 15.0 Å². The predicted molar refractivity (Wildman–Crippen MR) is 76.9 cm³/mol. The number of rotatable bonds is 4. The second kappa shape index (κ2) is 6.53. The summed E-state index contributed by atoms with van der Waals surface area (Å²) in [5, 5.41) is 8.50. The molecule has 2 aliphatic carbocycles. The van der Waals surface area contributed by atoms with Crippen LogP contribution in [0.15, 0.2) is 6.20 Å². The third kappa shape index (κ3) is 3.58. The van der Waals surface area contributed by atoms with E-state index in [0.717, 1.165) is 18.4 Å². The molecule has 1 aromatic rings. The molecule has 0 amide bonds. The van der Waals surface area contributed by atoms with Gasteiger partial charge in [0, 0.05) is 6.54 Å². The zero-order valence-electron chi connectivity index (χ0n) is 12.1. The lowest BCUT2D eigenvalue weighted by Crippen LogP contribution is -2.14. The Hall–Kier alpha value is -0.860. The molecule has 3 rings (SSSR count). The molecule has 1 aromatic heterocycles. The Morgan fingerprint density at radius 2 is 1.53 bits per heavy atom. The molecule has 0 aliphatic heterocycles. The van der Waals surface area contributed by atoms with Crippen molar-refractivity contribution in [2.45, 2.75) is 77.2 Å². The summed E-state index contributed by atoms with van der Waals surface area (Å²) in [5.74, 6) is 1.73. The molecule has 3 nitrogen and oxygen atoms in total.